The molecule has 0 saturated heterocycles. The molecule has 1 aromatic heterocycles. The molecule has 0 spiro atoms. The zero-order valence-electron chi connectivity index (χ0n) is 17.7. The molecule has 1 atom stereocenters. The fraction of sp³-hybridized carbons (Fsp3) is 0.409. The second-order valence-corrected chi connectivity index (χ2v) is 8.35. The first-order valence-corrected chi connectivity index (χ1v) is 9.68. The maximum absolute atomic E-state index is 14.1. The first-order chi connectivity index (χ1) is 14.4. The van der Waals surface area contributed by atoms with E-state index in [1.807, 2.05) is 0 Å². The number of aryl methyl sites for hydroxylation is 1. The van der Waals surface area contributed by atoms with Crippen molar-refractivity contribution in [3.63, 3.8) is 0 Å². The monoisotopic (exact) mass is 439 g/mol. The molecule has 3 rings (SSSR count). The van der Waals surface area contributed by atoms with Gasteiger partial charge in [0.1, 0.15) is 0 Å². The van der Waals surface area contributed by atoms with Crippen molar-refractivity contribution >= 4 is 16.6 Å². The van der Waals surface area contributed by atoms with Gasteiger partial charge in [0.15, 0.2) is 17.2 Å². The Bertz CT molecular complexity index is 1080. The number of halogens is 4. The van der Waals surface area contributed by atoms with Crippen LogP contribution in [0.1, 0.15) is 31.4 Å². The normalized spacial score (nSPS) is 14.5. The number of ether oxygens (including phenoxy) is 1. The largest absolute Gasteiger partial charge is 0.493 e. The van der Waals surface area contributed by atoms with Crippen LogP contribution in [0.25, 0.3) is 10.9 Å². The van der Waals surface area contributed by atoms with E-state index in [4.69, 9.17) is 4.74 Å². The molecular weight excluding hydrogens is 414 g/mol. The number of nitrogens with zero attached hydrogens (tertiary/aromatic N) is 1. The fourth-order valence-corrected chi connectivity index (χ4v) is 3.93. The number of hydrogen-bond acceptors (Lipinski definition) is 4. The lowest BCUT2D eigenvalue weighted by molar-refractivity contribution is -0.260. The molecule has 3 aromatic rings. The maximum atomic E-state index is 14.1. The summed E-state index contributed by atoms with van der Waals surface area (Å²) in [7, 11) is 1.25. The van der Waals surface area contributed by atoms with Gasteiger partial charge in [-0.3, -0.25) is 5.10 Å². The highest BCUT2D eigenvalue weighted by atomic mass is 19.4. The number of benzene rings is 2. The molecule has 168 valence electrons. The SMILES string of the molecule is COc1c(F)cccc1C(C)(C)CC(O)(CNc1c(C)ccc2[nH]ncc12)C(F)(F)F. The van der Waals surface area contributed by atoms with Crippen LogP contribution in [0.2, 0.25) is 0 Å². The van der Waals surface area contributed by atoms with Gasteiger partial charge in [-0.25, -0.2) is 4.39 Å². The second-order valence-electron chi connectivity index (χ2n) is 8.35. The van der Waals surface area contributed by atoms with Crippen LogP contribution in [0.3, 0.4) is 0 Å². The van der Waals surface area contributed by atoms with Gasteiger partial charge < -0.3 is 15.2 Å². The molecule has 0 saturated carbocycles. The van der Waals surface area contributed by atoms with Crippen molar-refractivity contribution in [1.82, 2.24) is 10.2 Å². The second kappa shape index (κ2) is 8.03. The van der Waals surface area contributed by atoms with E-state index in [1.54, 1.807) is 19.1 Å². The first-order valence-electron chi connectivity index (χ1n) is 9.68. The summed E-state index contributed by atoms with van der Waals surface area (Å²) in [5, 5.41) is 20.9. The number of aliphatic hydroxyl groups is 1. The summed E-state index contributed by atoms with van der Waals surface area (Å²) >= 11 is 0. The highest BCUT2D eigenvalue weighted by Crippen LogP contribution is 2.44. The number of hydrogen-bond donors (Lipinski definition) is 3. The van der Waals surface area contributed by atoms with Crippen LogP contribution in [0.4, 0.5) is 23.2 Å². The third-order valence-corrected chi connectivity index (χ3v) is 5.55. The Morgan fingerprint density at radius 3 is 2.52 bits per heavy atom. The van der Waals surface area contributed by atoms with Gasteiger partial charge in [-0.2, -0.15) is 18.3 Å². The standard InChI is InChI=1S/C22H25F4N3O2/c1-13-8-9-17-14(10-28-29-17)18(13)27-12-21(30,22(24,25)26)11-20(2,3)15-6-5-7-16(23)19(15)31-4/h5-10,27,30H,11-12H2,1-4H3,(H,28,29). The Morgan fingerprint density at radius 1 is 1.16 bits per heavy atom. The van der Waals surface area contributed by atoms with Crippen LogP contribution in [0.5, 0.6) is 5.75 Å². The molecular formula is C22H25F4N3O2. The van der Waals surface area contributed by atoms with Gasteiger partial charge in [0, 0.05) is 16.6 Å². The highest BCUT2D eigenvalue weighted by Gasteiger charge is 2.56. The Kier molecular flexibility index (Phi) is 5.92. The van der Waals surface area contributed by atoms with Crippen molar-refractivity contribution in [2.75, 3.05) is 19.0 Å². The number of anilines is 1. The number of alkyl halides is 3. The third kappa shape index (κ3) is 4.32. The minimum Gasteiger partial charge on any atom is -0.493 e. The first kappa shape index (κ1) is 22.9. The molecule has 1 unspecified atom stereocenters. The van der Waals surface area contributed by atoms with E-state index >= 15 is 0 Å². The van der Waals surface area contributed by atoms with Crippen LogP contribution < -0.4 is 10.1 Å². The van der Waals surface area contributed by atoms with Gasteiger partial charge in [-0.15, -0.1) is 0 Å². The van der Waals surface area contributed by atoms with Gasteiger partial charge in [0.25, 0.3) is 0 Å². The minimum atomic E-state index is -4.93. The van der Waals surface area contributed by atoms with Crippen LogP contribution in [-0.4, -0.2) is 40.7 Å². The molecule has 31 heavy (non-hydrogen) atoms. The zero-order valence-corrected chi connectivity index (χ0v) is 17.7. The minimum absolute atomic E-state index is 0.135. The lowest BCUT2D eigenvalue weighted by Crippen LogP contribution is -2.53. The van der Waals surface area contributed by atoms with Crippen LogP contribution in [0.15, 0.2) is 36.5 Å². The van der Waals surface area contributed by atoms with E-state index in [9.17, 15) is 22.7 Å². The van der Waals surface area contributed by atoms with Crippen molar-refractivity contribution in [3.8, 4) is 5.75 Å². The van der Waals surface area contributed by atoms with Gasteiger partial charge in [-0.1, -0.05) is 32.0 Å². The molecule has 0 aliphatic carbocycles. The molecule has 0 aliphatic heterocycles. The molecule has 0 amide bonds. The predicted molar refractivity (Wildman–Crippen MR) is 111 cm³/mol. The van der Waals surface area contributed by atoms with Gasteiger partial charge in [-0.05, 0) is 36.5 Å². The lowest BCUT2D eigenvalue weighted by Gasteiger charge is -2.38. The molecule has 1 heterocycles. The average molecular weight is 439 g/mol. The number of fused-ring (bicyclic) bond motifs is 1. The summed E-state index contributed by atoms with van der Waals surface area (Å²) in [4.78, 5) is 0. The number of nitrogens with one attached hydrogen (secondary N) is 2. The third-order valence-electron chi connectivity index (χ3n) is 5.55. The van der Waals surface area contributed by atoms with E-state index in [2.05, 4.69) is 15.5 Å². The summed E-state index contributed by atoms with van der Waals surface area (Å²) in [6, 6.07) is 7.60. The number of H-pyrrole nitrogens is 1. The molecule has 0 aliphatic rings. The molecule has 0 radical (unpaired) electrons. The number of methoxy groups -OCH3 is 1. The quantitative estimate of drug-likeness (QED) is 0.449. The number of para-hydroxylation sites is 1. The summed E-state index contributed by atoms with van der Waals surface area (Å²) in [5.41, 5.74) is -2.28. The van der Waals surface area contributed by atoms with Crippen molar-refractivity contribution in [2.24, 2.45) is 0 Å². The van der Waals surface area contributed by atoms with Crippen molar-refractivity contribution in [1.29, 1.82) is 0 Å². The van der Waals surface area contributed by atoms with E-state index in [0.29, 0.717) is 22.2 Å². The molecule has 3 N–H and O–H groups in total. The topological polar surface area (TPSA) is 70.2 Å². The number of aromatic nitrogens is 2. The smallest absolute Gasteiger partial charge is 0.418 e. The van der Waals surface area contributed by atoms with Crippen molar-refractivity contribution in [3.05, 3.63) is 53.5 Å². The van der Waals surface area contributed by atoms with Gasteiger partial charge >= 0.3 is 6.18 Å². The van der Waals surface area contributed by atoms with E-state index in [0.717, 1.165) is 0 Å². The Labute approximate surface area is 177 Å². The van der Waals surface area contributed by atoms with Crippen molar-refractivity contribution < 1.29 is 27.4 Å². The van der Waals surface area contributed by atoms with Gasteiger partial charge in [0.2, 0.25) is 0 Å². The van der Waals surface area contributed by atoms with Crippen LogP contribution in [-0.2, 0) is 5.41 Å². The van der Waals surface area contributed by atoms with Crippen LogP contribution in [0, 0.1) is 12.7 Å². The Balaban J connectivity index is 1.95. The van der Waals surface area contributed by atoms with E-state index in [-0.39, 0.29) is 11.3 Å². The van der Waals surface area contributed by atoms with E-state index < -0.39 is 36.0 Å². The fourth-order valence-electron chi connectivity index (χ4n) is 3.93. The zero-order chi connectivity index (χ0) is 23.0. The number of aromatic amines is 1. The van der Waals surface area contributed by atoms with E-state index in [1.165, 1.54) is 45.4 Å². The maximum Gasteiger partial charge on any atom is 0.418 e. The van der Waals surface area contributed by atoms with Crippen molar-refractivity contribution in [2.45, 2.75) is 44.4 Å². The van der Waals surface area contributed by atoms with Crippen LogP contribution >= 0.6 is 0 Å². The summed E-state index contributed by atoms with van der Waals surface area (Å²) in [6.07, 6.45) is -4.13. The average Bonchev–Trinajstić information content (AvgIpc) is 3.14. The predicted octanol–water partition coefficient (Wildman–Crippen LogP) is 5.09. The highest BCUT2D eigenvalue weighted by molar-refractivity contribution is 5.92. The molecule has 9 heteroatoms. The molecule has 0 fully saturated rings. The van der Waals surface area contributed by atoms with Gasteiger partial charge in [0.05, 0.1) is 25.4 Å². The summed E-state index contributed by atoms with van der Waals surface area (Å²) in [5.74, 6) is -0.812. The lowest BCUT2D eigenvalue weighted by atomic mass is 9.74. The molecule has 5 nitrogen and oxygen atoms in total. The summed E-state index contributed by atoms with van der Waals surface area (Å²) in [6.45, 7) is 4.00. The Hall–Kier alpha value is -2.81. The molecule has 0 bridgehead atoms. The summed E-state index contributed by atoms with van der Waals surface area (Å²) < 4.78 is 61.4. The molecule has 2 aromatic carbocycles. The Morgan fingerprint density at radius 2 is 1.87 bits per heavy atom. The number of rotatable bonds is 7.